The van der Waals surface area contributed by atoms with Gasteiger partial charge >= 0.3 is 0 Å². The van der Waals surface area contributed by atoms with Gasteiger partial charge in [0, 0.05) is 18.7 Å². The van der Waals surface area contributed by atoms with E-state index in [9.17, 15) is 13.2 Å². The summed E-state index contributed by atoms with van der Waals surface area (Å²) in [6, 6.07) is 11.4. The number of ether oxygens (including phenoxy) is 2. The molecule has 26 heavy (non-hydrogen) atoms. The van der Waals surface area contributed by atoms with Crippen molar-refractivity contribution in [3.63, 3.8) is 0 Å². The van der Waals surface area contributed by atoms with E-state index in [4.69, 9.17) is 9.47 Å². The second-order valence-corrected chi connectivity index (χ2v) is 7.46. The summed E-state index contributed by atoms with van der Waals surface area (Å²) in [4.78, 5) is 12.4. The highest BCUT2D eigenvalue weighted by atomic mass is 32.2. The molecular formula is C18H20N2O5S. The van der Waals surface area contributed by atoms with Crippen molar-refractivity contribution in [3.8, 4) is 11.5 Å². The van der Waals surface area contributed by atoms with Crippen molar-refractivity contribution in [1.82, 2.24) is 10.0 Å². The number of hydrogen-bond donors (Lipinski definition) is 2. The molecule has 1 aliphatic rings. The minimum absolute atomic E-state index is 0.0614. The van der Waals surface area contributed by atoms with Gasteiger partial charge < -0.3 is 14.8 Å². The molecule has 0 aliphatic carbocycles. The molecular weight excluding hydrogens is 356 g/mol. The van der Waals surface area contributed by atoms with Crippen LogP contribution in [0.3, 0.4) is 0 Å². The molecule has 0 saturated carbocycles. The van der Waals surface area contributed by atoms with Crippen molar-refractivity contribution in [2.45, 2.75) is 18.4 Å². The molecule has 2 aromatic rings. The zero-order chi connectivity index (χ0) is 18.6. The summed E-state index contributed by atoms with van der Waals surface area (Å²) in [5.74, 6) is 0.989. The molecule has 7 nitrogen and oxygen atoms in total. The zero-order valence-electron chi connectivity index (χ0n) is 14.3. The molecule has 1 heterocycles. The van der Waals surface area contributed by atoms with Gasteiger partial charge in [-0.2, -0.15) is 0 Å². The Kier molecular flexibility index (Phi) is 5.43. The van der Waals surface area contributed by atoms with Gasteiger partial charge in [-0.1, -0.05) is 19.1 Å². The smallest absolute Gasteiger partial charge is 0.251 e. The van der Waals surface area contributed by atoms with Gasteiger partial charge in [-0.25, -0.2) is 13.1 Å². The van der Waals surface area contributed by atoms with Crippen LogP contribution in [0.25, 0.3) is 0 Å². The van der Waals surface area contributed by atoms with Crippen LogP contribution in [0, 0.1) is 0 Å². The molecule has 8 heteroatoms. The lowest BCUT2D eigenvalue weighted by atomic mass is 10.1. The predicted molar refractivity (Wildman–Crippen MR) is 95.9 cm³/mol. The third-order valence-corrected chi connectivity index (χ3v) is 5.34. The van der Waals surface area contributed by atoms with Crippen LogP contribution >= 0.6 is 0 Å². The lowest BCUT2D eigenvalue weighted by Gasteiger charge is -2.19. The molecule has 0 atom stereocenters. The number of carbonyl (C=O) groups excluding carboxylic acids is 1. The quantitative estimate of drug-likeness (QED) is 0.800. The summed E-state index contributed by atoms with van der Waals surface area (Å²) in [7, 11) is -3.60. The van der Waals surface area contributed by atoms with Gasteiger partial charge in [0.1, 0.15) is 13.2 Å². The Morgan fingerprint density at radius 3 is 2.62 bits per heavy atom. The predicted octanol–water partition coefficient (Wildman–Crippen LogP) is 1.69. The van der Waals surface area contributed by atoms with Crippen LogP contribution in [0.2, 0.25) is 0 Å². The summed E-state index contributed by atoms with van der Waals surface area (Å²) in [6.45, 7) is 3.29. The Morgan fingerprint density at radius 1 is 1.08 bits per heavy atom. The van der Waals surface area contributed by atoms with E-state index in [2.05, 4.69) is 10.0 Å². The van der Waals surface area contributed by atoms with E-state index in [1.165, 1.54) is 12.1 Å². The zero-order valence-corrected chi connectivity index (χ0v) is 15.1. The molecule has 0 saturated heterocycles. The molecule has 2 N–H and O–H groups in total. The first kappa shape index (κ1) is 18.2. The Labute approximate surface area is 152 Å². The monoisotopic (exact) mass is 376 g/mol. The number of sulfonamides is 1. The third kappa shape index (κ3) is 4.14. The van der Waals surface area contributed by atoms with Gasteiger partial charge in [0.25, 0.3) is 5.91 Å². The molecule has 0 unspecified atom stereocenters. The fourth-order valence-electron chi connectivity index (χ4n) is 2.56. The molecule has 0 radical (unpaired) electrons. The maximum Gasteiger partial charge on any atom is 0.251 e. The van der Waals surface area contributed by atoms with E-state index >= 15 is 0 Å². The summed E-state index contributed by atoms with van der Waals surface area (Å²) in [6.07, 6.45) is 0. The summed E-state index contributed by atoms with van der Waals surface area (Å²) in [5, 5.41) is 2.78. The van der Waals surface area contributed by atoms with Crippen molar-refractivity contribution in [2.24, 2.45) is 0 Å². The van der Waals surface area contributed by atoms with E-state index in [1.807, 2.05) is 12.1 Å². The van der Waals surface area contributed by atoms with Gasteiger partial charge in [0.05, 0.1) is 4.90 Å². The number of benzene rings is 2. The van der Waals surface area contributed by atoms with Crippen molar-refractivity contribution in [3.05, 3.63) is 53.6 Å². The first-order valence-electron chi connectivity index (χ1n) is 8.26. The average Bonchev–Trinajstić information content (AvgIpc) is 2.66. The number of amides is 1. The fraction of sp³-hybridized carbons (Fsp3) is 0.278. The first-order valence-corrected chi connectivity index (χ1v) is 9.74. The largest absolute Gasteiger partial charge is 0.486 e. The molecule has 3 rings (SSSR count). The molecule has 2 aromatic carbocycles. The van der Waals surface area contributed by atoms with Gasteiger partial charge in [-0.05, 0) is 35.9 Å². The minimum atomic E-state index is -3.60. The molecule has 0 aromatic heterocycles. The summed E-state index contributed by atoms with van der Waals surface area (Å²) in [5.41, 5.74) is 1.14. The fourth-order valence-corrected chi connectivity index (χ4v) is 3.65. The minimum Gasteiger partial charge on any atom is -0.486 e. The van der Waals surface area contributed by atoms with Gasteiger partial charge in [-0.3, -0.25) is 4.79 Å². The van der Waals surface area contributed by atoms with Gasteiger partial charge in [-0.15, -0.1) is 0 Å². The van der Waals surface area contributed by atoms with Crippen LogP contribution in [0.15, 0.2) is 47.4 Å². The van der Waals surface area contributed by atoms with Crippen molar-refractivity contribution >= 4 is 15.9 Å². The molecule has 0 bridgehead atoms. The lowest BCUT2D eigenvalue weighted by molar-refractivity contribution is 0.0950. The Hall–Kier alpha value is -2.58. The Balaban J connectivity index is 1.69. The highest BCUT2D eigenvalue weighted by Gasteiger charge is 2.16. The standard InChI is InChI=1S/C18H20N2O5S/c1-2-20-26(22,23)15-5-3-4-14(11-15)18(21)19-12-13-6-7-16-17(10-13)25-9-8-24-16/h3-7,10-11,20H,2,8-9,12H2,1H3,(H,19,21). The van der Waals surface area contributed by atoms with Crippen LogP contribution in [0.1, 0.15) is 22.8 Å². The van der Waals surface area contributed by atoms with Crippen LogP contribution in [0.5, 0.6) is 11.5 Å². The Morgan fingerprint density at radius 2 is 1.85 bits per heavy atom. The van der Waals surface area contributed by atoms with E-state index in [1.54, 1.807) is 25.1 Å². The summed E-state index contributed by atoms with van der Waals surface area (Å²) >= 11 is 0. The van der Waals surface area contributed by atoms with Crippen molar-refractivity contribution < 1.29 is 22.7 Å². The normalized spacial score (nSPS) is 13.3. The number of nitrogens with one attached hydrogen (secondary N) is 2. The van der Waals surface area contributed by atoms with Crippen molar-refractivity contribution in [1.29, 1.82) is 0 Å². The van der Waals surface area contributed by atoms with Crippen LogP contribution in [0.4, 0.5) is 0 Å². The highest BCUT2D eigenvalue weighted by molar-refractivity contribution is 7.89. The number of carbonyl (C=O) groups is 1. The van der Waals surface area contributed by atoms with Gasteiger partial charge in [0.2, 0.25) is 10.0 Å². The van der Waals surface area contributed by atoms with Crippen LogP contribution in [-0.4, -0.2) is 34.1 Å². The number of hydrogen-bond acceptors (Lipinski definition) is 5. The molecule has 1 amide bonds. The number of fused-ring (bicyclic) bond motifs is 1. The first-order chi connectivity index (χ1) is 12.5. The van der Waals surface area contributed by atoms with Crippen LogP contribution < -0.4 is 19.5 Å². The number of rotatable bonds is 6. The summed E-state index contributed by atoms with van der Waals surface area (Å²) < 4.78 is 37.5. The van der Waals surface area contributed by atoms with Gasteiger partial charge in [0.15, 0.2) is 11.5 Å². The Bertz CT molecular complexity index is 912. The maximum absolute atomic E-state index is 12.4. The lowest BCUT2D eigenvalue weighted by Crippen LogP contribution is -2.25. The van der Waals surface area contributed by atoms with E-state index < -0.39 is 10.0 Å². The third-order valence-electron chi connectivity index (χ3n) is 3.80. The van der Waals surface area contributed by atoms with E-state index in [0.29, 0.717) is 31.3 Å². The highest BCUT2D eigenvalue weighted by Crippen LogP contribution is 2.30. The second kappa shape index (κ2) is 7.76. The SMILES string of the molecule is CCNS(=O)(=O)c1cccc(C(=O)NCc2ccc3c(c2)OCCO3)c1. The van der Waals surface area contributed by atoms with Crippen molar-refractivity contribution in [2.75, 3.05) is 19.8 Å². The van der Waals surface area contributed by atoms with E-state index in [-0.39, 0.29) is 22.9 Å². The second-order valence-electron chi connectivity index (χ2n) is 5.69. The van der Waals surface area contributed by atoms with E-state index in [0.717, 1.165) is 5.56 Å². The molecule has 138 valence electrons. The molecule has 1 aliphatic heterocycles. The topological polar surface area (TPSA) is 93.7 Å². The molecule has 0 spiro atoms. The van der Waals surface area contributed by atoms with Crippen LogP contribution in [-0.2, 0) is 16.6 Å². The molecule has 0 fully saturated rings. The maximum atomic E-state index is 12.4. The average molecular weight is 376 g/mol.